The Bertz CT molecular complexity index is 640. The standard InChI is InChI=1S/C14H18N4O3/c1-14(2,3)21-13(19)18-5-4-10-9(6-18)12(17-16-10)11-7-20-8-15-11/h7-8H,4-6H2,1-3H3,(H,16,17). The zero-order chi connectivity index (χ0) is 15.0. The highest BCUT2D eigenvalue weighted by molar-refractivity contribution is 5.70. The van der Waals surface area contributed by atoms with E-state index in [0.717, 1.165) is 23.4 Å². The first-order valence-corrected chi connectivity index (χ1v) is 6.86. The van der Waals surface area contributed by atoms with Crippen molar-refractivity contribution in [3.63, 3.8) is 0 Å². The molecule has 0 saturated heterocycles. The van der Waals surface area contributed by atoms with Crippen molar-refractivity contribution in [3.05, 3.63) is 23.9 Å². The number of oxazole rings is 1. The van der Waals surface area contributed by atoms with Crippen molar-refractivity contribution >= 4 is 6.09 Å². The fraction of sp³-hybridized carbons (Fsp3) is 0.500. The van der Waals surface area contributed by atoms with Crippen LogP contribution in [0.2, 0.25) is 0 Å². The zero-order valence-electron chi connectivity index (χ0n) is 12.3. The predicted octanol–water partition coefficient (Wildman–Crippen LogP) is 2.36. The predicted molar refractivity (Wildman–Crippen MR) is 74.4 cm³/mol. The molecule has 0 bridgehead atoms. The summed E-state index contributed by atoms with van der Waals surface area (Å²) in [5.74, 6) is 0. The van der Waals surface area contributed by atoms with Gasteiger partial charge in [-0.1, -0.05) is 0 Å². The number of carbonyl (C=O) groups excluding carboxylic acids is 1. The summed E-state index contributed by atoms with van der Waals surface area (Å²) in [7, 11) is 0. The number of rotatable bonds is 1. The fourth-order valence-corrected chi connectivity index (χ4v) is 2.32. The van der Waals surface area contributed by atoms with Crippen molar-refractivity contribution < 1.29 is 13.9 Å². The molecule has 1 N–H and O–H groups in total. The molecule has 1 aliphatic heterocycles. The Morgan fingerprint density at radius 3 is 2.95 bits per heavy atom. The first-order valence-electron chi connectivity index (χ1n) is 6.86. The van der Waals surface area contributed by atoms with Gasteiger partial charge in [0.2, 0.25) is 0 Å². The molecule has 0 aliphatic carbocycles. The lowest BCUT2D eigenvalue weighted by Gasteiger charge is -2.30. The van der Waals surface area contributed by atoms with Crippen LogP contribution in [0.15, 0.2) is 17.1 Å². The van der Waals surface area contributed by atoms with Gasteiger partial charge in [0.05, 0.1) is 6.54 Å². The van der Waals surface area contributed by atoms with Gasteiger partial charge in [0.25, 0.3) is 0 Å². The summed E-state index contributed by atoms with van der Waals surface area (Å²) in [5, 5.41) is 7.29. The van der Waals surface area contributed by atoms with Crippen LogP contribution in [0, 0.1) is 0 Å². The lowest BCUT2D eigenvalue weighted by molar-refractivity contribution is 0.0224. The molecule has 21 heavy (non-hydrogen) atoms. The van der Waals surface area contributed by atoms with E-state index < -0.39 is 5.60 Å². The summed E-state index contributed by atoms with van der Waals surface area (Å²) >= 11 is 0. The maximum Gasteiger partial charge on any atom is 0.410 e. The van der Waals surface area contributed by atoms with E-state index in [-0.39, 0.29) is 6.09 Å². The van der Waals surface area contributed by atoms with Gasteiger partial charge in [0.1, 0.15) is 23.3 Å². The van der Waals surface area contributed by atoms with E-state index in [0.29, 0.717) is 18.8 Å². The van der Waals surface area contributed by atoms with Crippen LogP contribution in [-0.4, -0.2) is 38.3 Å². The fourth-order valence-electron chi connectivity index (χ4n) is 2.32. The topological polar surface area (TPSA) is 84.2 Å². The lowest BCUT2D eigenvalue weighted by atomic mass is 10.0. The van der Waals surface area contributed by atoms with Crippen LogP contribution in [-0.2, 0) is 17.7 Å². The summed E-state index contributed by atoms with van der Waals surface area (Å²) in [5.41, 5.74) is 2.90. The molecule has 0 fully saturated rings. The molecule has 3 rings (SSSR count). The number of hydrogen-bond donors (Lipinski definition) is 1. The van der Waals surface area contributed by atoms with Crippen molar-refractivity contribution in [2.45, 2.75) is 39.3 Å². The number of hydrogen-bond acceptors (Lipinski definition) is 5. The molecule has 112 valence electrons. The van der Waals surface area contributed by atoms with E-state index in [1.165, 1.54) is 6.39 Å². The monoisotopic (exact) mass is 290 g/mol. The van der Waals surface area contributed by atoms with Gasteiger partial charge in [0.15, 0.2) is 6.39 Å². The molecular formula is C14H18N4O3. The van der Waals surface area contributed by atoms with E-state index in [4.69, 9.17) is 9.15 Å². The summed E-state index contributed by atoms with van der Waals surface area (Å²) in [6.07, 6.45) is 3.33. The number of fused-ring (bicyclic) bond motifs is 1. The van der Waals surface area contributed by atoms with Gasteiger partial charge < -0.3 is 14.1 Å². The third-order valence-electron chi connectivity index (χ3n) is 3.26. The van der Waals surface area contributed by atoms with Gasteiger partial charge in [-0.2, -0.15) is 5.10 Å². The van der Waals surface area contributed by atoms with Crippen LogP contribution in [0.4, 0.5) is 4.79 Å². The van der Waals surface area contributed by atoms with Crippen LogP contribution in [0.5, 0.6) is 0 Å². The lowest BCUT2D eigenvalue weighted by Crippen LogP contribution is -2.39. The molecule has 1 aliphatic rings. The highest BCUT2D eigenvalue weighted by Crippen LogP contribution is 2.28. The van der Waals surface area contributed by atoms with Crippen LogP contribution in [0.1, 0.15) is 32.0 Å². The highest BCUT2D eigenvalue weighted by atomic mass is 16.6. The Morgan fingerprint density at radius 2 is 2.29 bits per heavy atom. The third kappa shape index (κ3) is 2.76. The SMILES string of the molecule is CC(C)(C)OC(=O)N1CCc2[nH]nc(-c3cocn3)c2C1. The Kier molecular flexibility index (Phi) is 3.19. The number of amides is 1. The molecule has 0 aromatic carbocycles. The van der Waals surface area contributed by atoms with E-state index >= 15 is 0 Å². The van der Waals surface area contributed by atoms with Crippen LogP contribution in [0.25, 0.3) is 11.4 Å². The molecule has 7 nitrogen and oxygen atoms in total. The summed E-state index contributed by atoms with van der Waals surface area (Å²) in [6.45, 7) is 6.65. The molecule has 7 heteroatoms. The first kappa shape index (κ1) is 13.7. The molecule has 0 unspecified atom stereocenters. The Labute approximate surface area is 122 Å². The van der Waals surface area contributed by atoms with Gasteiger partial charge in [-0.3, -0.25) is 5.10 Å². The molecule has 0 saturated carbocycles. The molecule has 0 atom stereocenters. The van der Waals surface area contributed by atoms with Crippen molar-refractivity contribution in [1.82, 2.24) is 20.1 Å². The molecule has 2 aromatic heterocycles. The van der Waals surface area contributed by atoms with Gasteiger partial charge in [-0.15, -0.1) is 0 Å². The zero-order valence-corrected chi connectivity index (χ0v) is 12.3. The molecule has 2 aromatic rings. The van der Waals surface area contributed by atoms with Crippen molar-refractivity contribution in [2.75, 3.05) is 6.54 Å². The van der Waals surface area contributed by atoms with Crippen molar-refractivity contribution in [2.24, 2.45) is 0 Å². The second kappa shape index (κ2) is 4.91. The van der Waals surface area contributed by atoms with E-state index in [9.17, 15) is 4.79 Å². The van der Waals surface area contributed by atoms with E-state index in [2.05, 4.69) is 15.2 Å². The molecule has 0 radical (unpaired) electrons. The maximum atomic E-state index is 12.2. The largest absolute Gasteiger partial charge is 0.451 e. The second-order valence-electron chi connectivity index (χ2n) is 6.05. The smallest absolute Gasteiger partial charge is 0.410 e. The second-order valence-corrected chi connectivity index (χ2v) is 6.05. The maximum absolute atomic E-state index is 12.2. The number of ether oxygens (including phenoxy) is 1. The van der Waals surface area contributed by atoms with Crippen molar-refractivity contribution in [1.29, 1.82) is 0 Å². The summed E-state index contributed by atoms with van der Waals surface area (Å²) in [6, 6.07) is 0. The number of H-pyrrole nitrogens is 1. The minimum absolute atomic E-state index is 0.305. The van der Waals surface area contributed by atoms with Crippen molar-refractivity contribution in [3.8, 4) is 11.4 Å². The number of aromatic amines is 1. The van der Waals surface area contributed by atoms with Crippen LogP contribution in [0.3, 0.4) is 0 Å². The number of nitrogens with one attached hydrogen (secondary N) is 1. The van der Waals surface area contributed by atoms with Gasteiger partial charge >= 0.3 is 6.09 Å². The normalized spacial score (nSPS) is 14.9. The Balaban J connectivity index is 1.82. The highest BCUT2D eigenvalue weighted by Gasteiger charge is 2.29. The molecule has 3 heterocycles. The number of nitrogens with zero attached hydrogens (tertiary/aromatic N) is 3. The van der Waals surface area contributed by atoms with Crippen LogP contribution < -0.4 is 0 Å². The van der Waals surface area contributed by atoms with E-state index in [1.807, 2.05) is 20.8 Å². The Morgan fingerprint density at radius 1 is 1.48 bits per heavy atom. The van der Waals surface area contributed by atoms with Gasteiger partial charge in [-0.25, -0.2) is 9.78 Å². The van der Waals surface area contributed by atoms with Gasteiger partial charge in [0, 0.05) is 24.2 Å². The summed E-state index contributed by atoms with van der Waals surface area (Å²) in [4.78, 5) is 18.0. The first-order chi connectivity index (χ1) is 9.94. The van der Waals surface area contributed by atoms with E-state index in [1.54, 1.807) is 11.2 Å². The molecule has 0 spiro atoms. The van der Waals surface area contributed by atoms with Gasteiger partial charge in [-0.05, 0) is 20.8 Å². The number of aromatic nitrogens is 3. The average molecular weight is 290 g/mol. The minimum Gasteiger partial charge on any atom is -0.451 e. The molecular weight excluding hydrogens is 272 g/mol. The molecule has 1 amide bonds. The average Bonchev–Trinajstić information content (AvgIpc) is 3.04. The summed E-state index contributed by atoms with van der Waals surface area (Å²) < 4.78 is 10.4. The Hall–Kier alpha value is -2.31. The number of carbonyl (C=O) groups is 1. The quantitative estimate of drug-likeness (QED) is 0.871. The minimum atomic E-state index is -0.497. The van der Waals surface area contributed by atoms with Crippen LogP contribution >= 0.6 is 0 Å². The third-order valence-corrected chi connectivity index (χ3v) is 3.26.